The summed E-state index contributed by atoms with van der Waals surface area (Å²) in [7, 11) is 0. The number of halogens is 1. The minimum atomic E-state index is -0.240. The molecule has 0 saturated carbocycles. The van der Waals surface area contributed by atoms with Crippen LogP contribution >= 0.6 is 15.9 Å². The first kappa shape index (κ1) is 25.1. The lowest BCUT2D eigenvalue weighted by Crippen LogP contribution is -2.43. The maximum absolute atomic E-state index is 13.4. The van der Waals surface area contributed by atoms with E-state index in [-0.39, 0.29) is 18.1 Å². The van der Waals surface area contributed by atoms with Crippen molar-refractivity contribution in [3.63, 3.8) is 0 Å². The number of rotatable bonds is 7. The summed E-state index contributed by atoms with van der Waals surface area (Å²) < 4.78 is 13.5. The molecule has 1 aliphatic heterocycles. The van der Waals surface area contributed by atoms with Gasteiger partial charge in [0.25, 0.3) is 11.5 Å². The molecule has 4 aromatic rings. The van der Waals surface area contributed by atoms with Crippen molar-refractivity contribution in [3.8, 4) is 5.75 Å². The van der Waals surface area contributed by atoms with Crippen LogP contribution in [0.1, 0.15) is 24.7 Å². The van der Waals surface area contributed by atoms with Gasteiger partial charge in [-0.2, -0.15) is 9.78 Å². The molecule has 0 unspecified atom stereocenters. The number of carbonyl (C=O) groups is 1. The Balaban J connectivity index is 1.54. The van der Waals surface area contributed by atoms with E-state index in [1.165, 1.54) is 4.68 Å². The fourth-order valence-electron chi connectivity index (χ4n) is 4.39. The standard InChI is InChI=1S/C28H27BrN4O4/c1-2-5-26-31-24-10-9-20(29)16-22(24)28(35)33(26)30-17-23-21-7-4-3-6-19(21)8-11-25(23)37-18-27(34)32-12-14-36-15-13-32/h3-4,6-11,16-17H,2,5,12-15,18H2,1H3. The summed E-state index contributed by atoms with van der Waals surface area (Å²) >= 11 is 3.44. The number of nitrogens with zero attached hydrogens (tertiary/aromatic N) is 4. The molecule has 0 bridgehead atoms. The second-order valence-electron chi connectivity index (χ2n) is 8.78. The van der Waals surface area contributed by atoms with Gasteiger partial charge in [-0.05, 0) is 41.5 Å². The molecule has 0 radical (unpaired) electrons. The highest BCUT2D eigenvalue weighted by Crippen LogP contribution is 2.27. The van der Waals surface area contributed by atoms with Crippen LogP contribution in [0.2, 0.25) is 0 Å². The SMILES string of the molecule is CCCc1nc2ccc(Br)cc2c(=O)n1N=Cc1c(OCC(=O)N2CCOCC2)ccc2ccccc12. The predicted molar refractivity (Wildman–Crippen MR) is 148 cm³/mol. The van der Waals surface area contributed by atoms with E-state index < -0.39 is 0 Å². The van der Waals surface area contributed by atoms with Crippen molar-refractivity contribution >= 4 is 49.7 Å². The number of benzene rings is 3. The van der Waals surface area contributed by atoms with Crippen molar-refractivity contribution < 1.29 is 14.3 Å². The van der Waals surface area contributed by atoms with Gasteiger partial charge in [0.15, 0.2) is 6.61 Å². The highest BCUT2D eigenvalue weighted by Gasteiger charge is 2.18. The van der Waals surface area contributed by atoms with Gasteiger partial charge in [-0.1, -0.05) is 53.2 Å². The summed E-state index contributed by atoms with van der Waals surface area (Å²) in [4.78, 5) is 32.6. The smallest absolute Gasteiger partial charge is 0.282 e. The molecular weight excluding hydrogens is 536 g/mol. The number of ether oxygens (including phenoxy) is 2. The minimum Gasteiger partial charge on any atom is -0.483 e. The highest BCUT2D eigenvalue weighted by atomic mass is 79.9. The molecule has 8 nitrogen and oxygen atoms in total. The lowest BCUT2D eigenvalue weighted by molar-refractivity contribution is -0.137. The molecular formula is C28H27BrN4O4. The van der Waals surface area contributed by atoms with E-state index in [2.05, 4.69) is 21.0 Å². The number of hydrogen-bond donors (Lipinski definition) is 0. The van der Waals surface area contributed by atoms with E-state index in [1.807, 2.05) is 55.5 Å². The zero-order valence-electron chi connectivity index (χ0n) is 20.5. The number of amides is 1. The van der Waals surface area contributed by atoms with E-state index >= 15 is 0 Å². The average Bonchev–Trinajstić information content (AvgIpc) is 2.93. The fraction of sp³-hybridized carbons (Fsp3) is 0.286. The summed E-state index contributed by atoms with van der Waals surface area (Å²) in [5, 5.41) is 7.00. The normalized spacial score (nSPS) is 14.1. The molecule has 5 rings (SSSR count). The van der Waals surface area contributed by atoms with Crippen LogP contribution in [-0.2, 0) is 16.0 Å². The Labute approximate surface area is 222 Å². The third-order valence-electron chi connectivity index (χ3n) is 6.30. The molecule has 0 N–H and O–H groups in total. The van der Waals surface area contributed by atoms with Gasteiger partial charge in [0.1, 0.15) is 11.6 Å². The lowest BCUT2D eigenvalue weighted by atomic mass is 10.0. The number of aryl methyl sites for hydroxylation is 1. The molecule has 3 aromatic carbocycles. The van der Waals surface area contributed by atoms with E-state index in [1.54, 1.807) is 17.2 Å². The third-order valence-corrected chi connectivity index (χ3v) is 6.79. The number of aromatic nitrogens is 2. The summed E-state index contributed by atoms with van der Waals surface area (Å²) in [6.45, 7) is 4.13. The number of carbonyl (C=O) groups excluding carboxylic acids is 1. The third kappa shape index (κ3) is 5.42. The van der Waals surface area contributed by atoms with Gasteiger partial charge in [0, 0.05) is 29.5 Å². The maximum Gasteiger partial charge on any atom is 0.282 e. The molecule has 37 heavy (non-hydrogen) atoms. The first-order chi connectivity index (χ1) is 18.0. The quantitative estimate of drug-likeness (QED) is 0.312. The first-order valence-corrected chi connectivity index (χ1v) is 13.1. The van der Waals surface area contributed by atoms with Crippen molar-refractivity contribution in [2.75, 3.05) is 32.9 Å². The van der Waals surface area contributed by atoms with Crippen molar-refractivity contribution in [3.05, 3.63) is 80.8 Å². The Kier molecular flexibility index (Phi) is 7.62. The lowest BCUT2D eigenvalue weighted by Gasteiger charge is -2.26. The molecule has 1 saturated heterocycles. The fourth-order valence-corrected chi connectivity index (χ4v) is 4.75. The van der Waals surface area contributed by atoms with Gasteiger partial charge < -0.3 is 14.4 Å². The zero-order chi connectivity index (χ0) is 25.8. The Hall–Kier alpha value is -3.56. The van der Waals surface area contributed by atoms with Gasteiger partial charge in [0.05, 0.1) is 30.3 Å². The van der Waals surface area contributed by atoms with Crippen molar-refractivity contribution in [2.45, 2.75) is 19.8 Å². The van der Waals surface area contributed by atoms with Crippen LogP contribution in [0, 0.1) is 0 Å². The topological polar surface area (TPSA) is 86.0 Å². The summed E-state index contributed by atoms with van der Waals surface area (Å²) in [5.74, 6) is 1.01. The average molecular weight is 563 g/mol. The maximum atomic E-state index is 13.4. The van der Waals surface area contributed by atoms with Crippen LogP contribution in [0.4, 0.5) is 0 Å². The second kappa shape index (κ2) is 11.2. The predicted octanol–water partition coefficient (Wildman–Crippen LogP) is 4.38. The van der Waals surface area contributed by atoms with Crippen LogP contribution in [0.15, 0.2) is 69.0 Å². The van der Waals surface area contributed by atoms with Gasteiger partial charge in [-0.25, -0.2) is 4.98 Å². The van der Waals surface area contributed by atoms with Crippen LogP contribution in [0.25, 0.3) is 21.7 Å². The van der Waals surface area contributed by atoms with Gasteiger partial charge in [-0.15, -0.1) is 0 Å². The molecule has 0 spiro atoms. The number of fused-ring (bicyclic) bond motifs is 2. The summed E-state index contributed by atoms with van der Waals surface area (Å²) in [6, 6.07) is 17.1. The van der Waals surface area contributed by atoms with Gasteiger partial charge in [-0.3, -0.25) is 9.59 Å². The molecule has 1 aromatic heterocycles. The second-order valence-corrected chi connectivity index (χ2v) is 9.70. The Morgan fingerprint density at radius 1 is 1.14 bits per heavy atom. The van der Waals surface area contributed by atoms with E-state index in [4.69, 9.17) is 14.5 Å². The van der Waals surface area contributed by atoms with E-state index in [0.717, 1.165) is 21.7 Å². The molecule has 1 aliphatic rings. The number of morpholine rings is 1. The molecule has 1 fully saturated rings. The van der Waals surface area contributed by atoms with Gasteiger partial charge in [0.2, 0.25) is 0 Å². The monoisotopic (exact) mass is 562 g/mol. The Morgan fingerprint density at radius 2 is 1.95 bits per heavy atom. The molecule has 9 heteroatoms. The summed E-state index contributed by atoms with van der Waals surface area (Å²) in [6.07, 6.45) is 3.05. The van der Waals surface area contributed by atoms with Crippen LogP contribution in [0.5, 0.6) is 5.75 Å². The molecule has 1 amide bonds. The van der Waals surface area contributed by atoms with Crippen LogP contribution in [0.3, 0.4) is 0 Å². The number of hydrogen-bond acceptors (Lipinski definition) is 6. The van der Waals surface area contributed by atoms with Crippen molar-refractivity contribution in [2.24, 2.45) is 5.10 Å². The van der Waals surface area contributed by atoms with Gasteiger partial charge >= 0.3 is 0 Å². The molecule has 2 heterocycles. The molecule has 0 atom stereocenters. The van der Waals surface area contributed by atoms with E-state index in [0.29, 0.717) is 60.8 Å². The zero-order valence-corrected chi connectivity index (χ0v) is 22.1. The Bertz CT molecular complexity index is 1540. The van der Waals surface area contributed by atoms with E-state index in [9.17, 15) is 9.59 Å². The van der Waals surface area contributed by atoms with Crippen LogP contribution < -0.4 is 10.3 Å². The summed E-state index contributed by atoms with van der Waals surface area (Å²) in [5.41, 5.74) is 1.09. The molecule has 190 valence electrons. The largest absolute Gasteiger partial charge is 0.483 e. The van der Waals surface area contributed by atoms with Crippen molar-refractivity contribution in [1.29, 1.82) is 0 Å². The highest BCUT2D eigenvalue weighted by molar-refractivity contribution is 9.10. The van der Waals surface area contributed by atoms with Crippen LogP contribution in [-0.4, -0.2) is 59.6 Å². The Morgan fingerprint density at radius 3 is 2.76 bits per heavy atom. The first-order valence-electron chi connectivity index (χ1n) is 12.3. The van der Waals surface area contributed by atoms with Crippen molar-refractivity contribution in [1.82, 2.24) is 14.6 Å². The molecule has 0 aliphatic carbocycles. The minimum absolute atomic E-state index is 0.0915.